The van der Waals surface area contributed by atoms with Crippen LogP contribution < -0.4 is 0 Å². The van der Waals surface area contributed by atoms with Crippen LogP contribution in [0, 0.1) is 11.8 Å². The largest absolute Gasteiger partial charge is 0.478 e. The van der Waals surface area contributed by atoms with E-state index in [2.05, 4.69) is 32.3 Å². The first-order chi connectivity index (χ1) is 7.41. The lowest BCUT2D eigenvalue weighted by molar-refractivity contribution is 0.0695. The number of carbonyl (C=O) groups is 1. The Morgan fingerprint density at radius 2 is 1.94 bits per heavy atom. The van der Waals surface area contributed by atoms with Crippen LogP contribution in [-0.4, -0.2) is 15.6 Å². The van der Waals surface area contributed by atoms with E-state index in [1.165, 1.54) is 0 Å². The molecule has 0 spiro atoms. The van der Waals surface area contributed by atoms with Crippen LogP contribution in [0.3, 0.4) is 0 Å². The predicted octanol–water partition coefficient (Wildman–Crippen LogP) is 3.04. The average Bonchev–Trinajstić information content (AvgIpc) is 2.47. The molecule has 0 atom stereocenters. The molecule has 0 radical (unpaired) electrons. The standard InChI is InChI=1S/C13H21NO2/c1-9(2)7-12-11(13(15)16)5-6-14(12)8-10(3)4/h5-6,9-10H,7-8H2,1-4H3,(H,15,16). The second-order valence-electron chi connectivity index (χ2n) is 5.13. The minimum absolute atomic E-state index is 0.453. The molecule has 0 aliphatic heterocycles. The second-order valence-corrected chi connectivity index (χ2v) is 5.13. The van der Waals surface area contributed by atoms with Crippen molar-refractivity contribution in [2.75, 3.05) is 0 Å². The van der Waals surface area contributed by atoms with Crippen molar-refractivity contribution < 1.29 is 9.90 Å². The minimum atomic E-state index is -0.821. The monoisotopic (exact) mass is 223 g/mol. The van der Waals surface area contributed by atoms with E-state index in [4.69, 9.17) is 5.11 Å². The van der Waals surface area contributed by atoms with E-state index in [1.54, 1.807) is 6.07 Å². The van der Waals surface area contributed by atoms with Gasteiger partial charge in [-0.15, -0.1) is 0 Å². The van der Waals surface area contributed by atoms with Crippen LogP contribution >= 0.6 is 0 Å². The third-order valence-corrected chi connectivity index (χ3v) is 2.47. The Hall–Kier alpha value is -1.25. The summed E-state index contributed by atoms with van der Waals surface area (Å²) >= 11 is 0. The zero-order chi connectivity index (χ0) is 12.3. The van der Waals surface area contributed by atoms with Crippen molar-refractivity contribution in [1.29, 1.82) is 0 Å². The summed E-state index contributed by atoms with van der Waals surface area (Å²) in [7, 11) is 0. The van der Waals surface area contributed by atoms with Gasteiger partial charge in [-0.05, 0) is 24.3 Å². The first-order valence-corrected chi connectivity index (χ1v) is 5.83. The Balaban J connectivity index is 3.03. The Morgan fingerprint density at radius 3 is 2.38 bits per heavy atom. The van der Waals surface area contributed by atoms with Crippen LogP contribution in [0.1, 0.15) is 43.7 Å². The molecule has 1 aromatic heterocycles. The number of aromatic nitrogens is 1. The van der Waals surface area contributed by atoms with Crippen LogP contribution in [0.15, 0.2) is 12.3 Å². The number of rotatable bonds is 5. The fraction of sp³-hybridized carbons (Fsp3) is 0.615. The number of aromatic carboxylic acids is 1. The van der Waals surface area contributed by atoms with Gasteiger partial charge in [0.25, 0.3) is 0 Å². The lowest BCUT2D eigenvalue weighted by atomic mass is 10.0. The topological polar surface area (TPSA) is 42.2 Å². The molecule has 0 bridgehead atoms. The molecule has 0 aromatic carbocycles. The molecule has 0 amide bonds. The van der Waals surface area contributed by atoms with E-state index in [0.29, 0.717) is 17.4 Å². The quantitative estimate of drug-likeness (QED) is 0.833. The molecule has 1 aromatic rings. The van der Waals surface area contributed by atoms with Crippen molar-refractivity contribution in [3.05, 3.63) is 23.5 Å². The molecular weight excluding hydrogens is 202 g/mol. The Labute approximate surface area is 97.1 Å². The Morgan fingerprint density at radius 1 is 1.31 bits per heavy atom. The molecule has 3 nitrogen and oxygen atoms in total. The third-order valence-electron chi connectivity index (χ3n) is 2.47. The summed E-state index contributed by atoms with van der Waals surface area (Å²) in [6.45, 7) is 9.38. The van der Waals surface area contributed by atoms with E-state index in [1.807, 2.05) is 6.20 Å². The zero-order valence-corrected chi connectivity index (χ0v) is 10.5. The maximum Gasteiger partial charge on any atom is 0.337 e. The van der Waals surface area contributed by atoms with Gasteiger partial charge < -0.3 is 9.67 Å². The second kappa shape index (κ2) is 5.19. The van der Waals surface area contributed by atoms with Gasteiger partial charge >= 0.3 is 5.97 Å². The van der Waals surface area contributed by atoms with E-state index in [0.717, 1.165) is 18.7 Å². The highest BCUT2D eigenvalue weighted by molar-refractivity contribution is 5.89. The third kappa shape index (κ3) is 3.12. The molecule has 0 saturated carbocycles. The summed E-state index contributed by atoms with van der Waals surface area (Å²) in [5.74, 6) is 0.178. The van der Waals surface area contributed by atoms with Gasteiger partial charge in [-0.25, -0.2) is 4.79 Å². The molecular formula is C13H21NO2. The highest BCUT2D eigenvalue weighted by Crippen LogP contribution is 2.17. The molecule has 1 rings (SSSR count). The maximum atomic E-state index is 11.1. The lowest BCUT2D eigenvalue weighted by Gasteiger charge is -2.14. The maximum absolute atomic E-state index is 11.1. The first-order valence-electron chi connectivity index (χ1n) is 5.83. The van der Waals surface area contributed by atoms with Crippen molar-refractivity contribution in [3.63, 3.8) is 0 Å². The molecule has 1 N–H and O–H groups in total. The molecule has 3 heteroatoms. The Kier molecular flexibility index (Phi) is 4.16. The fourth-order valence-corrected chi connectivity index (χ4v) is 1.88. The first kappa shape index (κ1) is 12.8. The summed E-state index contributed by atoms with van der Waals surface area (Å²) in [6.07, 6.45) is 2.71. The number of hydrogen-bond acceptors (Lipinski definition) is 1. The molecule has 90 valence electrons. The number of nitrogens with zero attached hydrogens (tertiary/aromatic N) is 1. The zero-order valence-electron chi connectivity index (χ0n) is 10.5. The van der Waals surface area contributed by atoms with E-state index in [9.17, 15) is 4.79 Å². The summed E-state index contributed by atoms with van der Waals surface area (Å²) in [5.41, 5.74) is 1.41. The highest BCUT2D eigenvalue weighted by Gasteiger charge is 2.16. The van der Waals surface area contributed by atoms with Gasteiger partial charge in [0.05, 0.1) is 5.56 Å². The van der Waals surface area contributed by atoms with Crippen molar-refractivity contribution in [2.24, 2.45) is 11.8 Å². The molecule has 0 aliphatic carbocycles. The summed E-state index contributed by atoms with van der Waals surface area (Å²) in [5, 5.41) is 9.11. The van der Waals surface area contributed by atoms with E-state index >= 15 is 0 Å². The van der Waals surface area contributed by atoms with Gasteiger partial charge in [-0.1, -0.05) is 27.7 Å². The molecule has 0 unspecified atom stereocenters. The van der Waals surface area contributed by atoms with Crippen LogP contribution in [-0.2, 0) is 13.0 Å². The van der Waals surface area contributed by atoms with E-state index in [-0.39, 0.29) is 0 Å². The SMILES string of the molecule is CC(C)Cc1c(C(=O)O)ccn1CC(C)C. The molecule has 0 fully saturated rings. The van der Waals surface area contributed by atoms with Crippen molar-refractivity contribution in [2.45, 2.75) is 40.7 Å². The van der Waals surface area contributed by atoms with Gasteiger partial charge in [-0.3, -0.25) is 0 Å². The Bertz CT molecular complexity index is 364. The predicted molar refractivity (Wildman–Crippen MR) is 64.8 cm³/mol. The molecule has 16 heavy (non-hydrogen) atoms. The molecule has 0 saturated heterocycles. The van der Waals surface area contributed by atoms with Gasteiger partial charge in [0.1, 0.15) is 0 Å². The molecule has 1 heterocycles. The average molecular weight is 223 g/mol. The smallest absolute Gasteiger partial charge is 0.337 e. The van der Waals surface area contributed by atoms with Crippen molar-refractivity contribution in [1.82, 2.24) is 4.57 Å². The van der Waals surface area contributed by atoms with Gasteiger partial charge in [-0.2, -0.15) is 0 Å². The fourth-order valence-electron chi connectivity index (χ4n) is 1.88. The number of hydrogen-bond donors (Lipinski definition) is 1. The lowest BCUT2D eigenvalue weighted by Crippen LogP contribution is -2.12. The normalized spacial score (nSPS) is 11.4. The van der Waals surface area contributed by atoms with Gasteiger partial charge in [0.2, 0.25) is 0 Å². The van der Waals surface area contributed by atoms with E-state index < -0.39 is 5.97 Å². The summed E-state index contributed by atoms with van der Waals surface area (Å²) in [4.78, 5) is 11.1. The van der Waals surface area contributed by atoms with Crippen LogP contribution in [0.4, 0.5) is 0 Å². The van der Waals surface area contributed by atoms with Gasteiger partial charge in [0, 0.05) is 18.4 Å². The van der Waals surface area contributed by atoms with Crippen LogP contribution in [0.5, 0.6) is 0 Å². The van der Waals surface area contributed by atoms with Crippen molar-refractivity contribution in [3.8, 4) is 0 Å². The van der Waals surface area contributed by atoms with Crippen molar-refractivity contribution >= 4 is 5.97 Å². The van der Waals surface area contributed by atoms with Gasteiger partial charge in [0.15, 0.2) is 0 Å². The summed E-state index contributed by atoms with van der Waals surface area (Å²) < 4.78 is 2.08. The number of carboxylic acids is 1. The summed E-state index contributed by atoms with van der Waals surface area (Å²) in [6, 6.07) is 1.71. The number of carboxylic acid groups (broad SMARTS) is 1. The minimum Gasteiger partial charge on any atom is -0.478 e. The molecule has 0 aliphatic rings. The highest BCUT2D eigenvalue weighted by atomic mass is 16.4. The van der Waals surface area contributed by atoms with Crippen LogP contribution in [0.25, 0.3) is 0 Å². The van der Waals surface area contributed by atoms with Crippen LogP contribution in [0.2, 0.25) is 0 Å².